The molecule has 1 amide bonds. The quantitative estimate of drug-likeness (QED) is 0.573. The van der Waals surface area contributed by atoms with Gasteiger partial charge in [0.2, 0.25) is 0 Å². The Kier molecular flexibility index (Phi) is 3.87. The van der Waals surface area contributed by atoms with Crippen LogP contribution in [-0.2, 0) is 0 Å². The first-order valence-electron chi connectivity index (χ1n) is 4.46. The van der Waals surface area contributed by atoms with Crippen LogP contribution in [0.2, 0.25) is 0 Å². The highest BCUT2D eigenvalue weighted by molar-refractivity contribution is 5.64. The lowest BCUT2D eigenvalue weighted by Gasteiger charge is -2.12. The summed E-state index contributed by atoms with van der Waals surface area (Å²) in [7, 11) is 0. The second kappa shape index (κ2) is 4.98. The molecular formula is C8H16N2O2. The zero-order chi connectivity index (χ0) is 8.81. The summed E-state index contributed by atoms with van der Waals surface area (Å²) in [6.45, 7) is 2.70. The van der Waals surface area contributed by atoms with Crippen LogP contribution in [0.3, 0.4) is 0 Å². The van der Waals surface area contributed by atoms with Crippen molar-refractivity contribution in [3.8, 4) is 0 Å². The van der Waals surface area contributed by atoms with Crippen molar-refractivity contribution in [3.63, 3.8) is 0 Å². The molecule has 1 saturated heterocycles. The van der Waals surface area contributed by atoms with Crippen molar-refractivity contribution in [2.45, 2.75) is 19.3 Å². The van der Waals surface area contributed by atoms with Gasteiger partial charge in [-0.05, 0) is 38.3 Å². The molecule has 70 valence electrons. The first kappa shape index (κ1) is 9.32. The molecular weight excluding hydrogens is 156 g/mol. The average Bonchev–Trinajstić information content (AvgIpc) is 2.28. The molecule has 1 rings (SSSR count). The smallest absolute Gasteiger partial charge is 0.404 e. The fraction of sp³-hybridized carbons (Fsp3) is 0.875. The summed E-state index contributed by atoms with van der Waals surface area (Å²) in [6.07, 6.45) is 2.46. The Morgan fingerprint density at radius 2 is 2.33 bits per heavy atom. The number of amides is 1. The lowest BCUT2D eigenvalue weighted by atomic mass is 10.0. The Balaban J connectivity index is 2.16. The maximum Gasteiger partial charge on any atom is 0.404 e. The second-order valence-corrected chi connectivity index (χ2v) is 3.23. The first-order valence-corrected chi connectivity index (χ1v) is 4.46. The zero-order valence-corrected chi connectivity index (χ0v) is 7.18. The molecule has 0 aromatic carbocycles. The van der Waals surface area contributed by atoms with Crippen LogP contribution in [-0.4, -0.2) is 30.8 Å². The molecule has 12 heavy (non-hydrogen) atoms. The first-order chi connectivity index (χ1) is 5.79. The van der Waals surface area contributed by atoms with Crippen molar-refractivity contribution >= 4 is 6.09 Å². The molecule has 0 spiro atoms. The van der Waals surface area contributed by atoms with E-state index in [0.717, 1.165) is 32.4 Å². The van der Waals surface area contributed by atoms with E-state index in [0.29, 0.717) is 12.5 Å². The van der Waals surface area contributed by atoms with E-state index in [9.17, 15) is 4.79 Å². The van der Waals surface area contributed by atoms with Crippen molar-refractivity contribution in [3.05, 3.63) is 0 Å². The van der Waals surface area contributed by atoms with Crippen molar-refractivity contribution in [1.82, 2.24) is 10.6 Å². The van der Waals surface area contributed by atoms with Crippen molar-refractivity contribution in [1.29, 1.82) is 0 Å². The summed E-state index contributed by atoms with van der Waals surface area (Å²) >= 11 is 0. The van der Waals surface area contributed by atoms with Gasteiger partial charge in [0.05, 0.1) is 0 Å². The third-order valence-corrected chi connectivity index (χ3v) is 2.24. The molecule has 0 saturated carbocycles. The predicted molar refractivity (Wildman–Crippen MR) is 46.2 cm³/mol. The number of rotatable bonds is 2. The van der Waals surface area contributed by atoms with Gasteiger partial charge in [-0.15, -0.1) is 0 Å². The molecule has 1 heterocycles. The Morgan fingerprint density at radius 3 is 3.08 bits per heavy atom. The molecule has 0 aromatic rings. The van der Waals surface area contributed by atoms with E-state index < -0.39 is 6.09 Å². The average molecular weight is 172 g/mol. The molecule has 0 aromatic heterocycles. The molecule has 4 nitrogen and oxygen atoms in total. The van der Waals surface area contributed by atoms with Gasteiger partial charge in [-0.1, -0.05) is 0 Å². The fourth-order valence-corrected chi connectivity index (χ4v) is 1.53. The predicted octanol–water partition coefficient (Wildman–Crippen LogP) is 0.644. The summed E-state index contributed by atoms with van der Waals surface area (Å²) in [6, 6.07) is 0. The Hall–Kier alpha value is -0.770. The Morgan fingerprint density at radius 1 is 1.50 bits per heavy atom. The van der Waals surface area contributed by atoms with E-state index in [1.54, 1.807) is 0 Å². The standard InChI is InChI=1S/C8H16N2O2/c11-8(12)10-6-7-2-1-4-9-5-3-7/h7,9-10H,1-6H2,(H,11,12). The molecule has 1 aliphatic rings. The number of nitrogens with one attached hydrogen (secondary N) is 2. The van der Waals surface area contributed by atoms with Crippen LogP contribution in [0.15, 0.2) is 0 Å². The van der Waals surface area contributed by atoms with E-state index >= 15 is 0 Å². The van der Waals surface area contributed by atoms with Crippen LogP contribution >= 0.6 is 0 Å². The van der Waals surface area contributed by atoms with Gasteiger partial charge in [0.1, 0.15) is 0 Å². The van der Waals surface area contributed by atoms with Gasteiger partial charge in [0, 0.05) is 6.54 Å². The van der Waals surface area contributed by atoms with Gasteiger partial charge in [-0.25, -0.2) is 4.79 Å². The minimum Gasteiger partial charge on any atom is -0.465 e. The molecule has 0 aliphatic carbocycles. The van der Waals surface area contributed by atoms with Crippen LogP contribution in [0.1, 0.15) is 19.3 Å². The molecule has 1 aliphatic heterocycles. The highest BCUT2D eigenvalue weighted by Crippen LogP contribution is 2.11. The minimum absolute atomic E-state index is 0.524. The Labute approximate surface area is 72.3 Å². The second-order valence-electron chi connectivity index (χ2n) is 3.23. The van der Waals surface area contributed by atoms with Crippen LogP contribution in [0.25, 0.3) is 0 Å². The third-order valence-electron chi connectivity index (χ3n) is 2.24. The summed E-state index contributed by atoms with van der Waals surface area (Å²) in [5, 5.41) is 14.1. The zero-order valence-electron chi connectivity index (χ0n) is 7.18. The van der Waals surface area contributed by atoms with Crippen LogP contribution in [0.5, 0.6) is 0 Å². The molecule has 1 atom stereocenters. The minimum atomic E-state index is -0.910. The van der Waals surface area contributed by atoms with E-state index in [2.05, 4.69) is 10.6 Å². The molecule has 0 bridgehead atoms. The SMILES string of the molecule is O=C(O)NCC1CCCNCC1. The molecule has 3 N–H and O–H groups in total. The summed E-state index contributed by atoms with van der Waals surface area (Å²) in [4.78, 5) is 10.2. The largest absolute Gasteiger partial charge is 0.465 e. The van der Waals surface area contributed by atoms with Crippen molar-refractivity contribution < 1.29 is 9.90 Å². The van der Waals surface area contributed by atoms with Crippen molar-refractivity contribution in [2.75, 3.05) is 19.6 Å². The summed E-state index contributed by atoms with van der Waals surface area (Å²) in [5.41, 5.74) is 0. The maximum absolute atomic E-state index is 10.2. The summed E-state index contributed by atoms with van der Waals surface area (Å²) < 4.78 is 0. The molecule has 1 unspecified atom stereocenters. The molecule has 1 fully saturated rings. The van der Waals surface area contributed by atoms with Gasteiger partial charge < -0.3 is 15.7 Å². The molecule has 0 radical (unpaired) electrons. The maximum atomic E-state index is 10.2. The van der Waals surface area contributed by atoms with Gasteiger partial charge in [-0.2, -0.15) is 0 Å². The van der Waals surface area contributed by atoms with Crippen LogP contribution < -0.4 is 10.6 Å². The van der Waals surface area contributed by atoms with Crippen molar-refractivity contribution in [2.24, 2.45) is 5.92 Å². The fourth-order valence-electron chi connectivity index (χ4n) is 1.53. The third kappa shape index (κ3) is 3.57. The van der Waals surface area contributed by atoms with E-state index in [1.807, 2.05) is 0 Å². The normalized spacial score (nSPS) is 24.5. The van der Waals surface area contributed by atoms with E-state index in [1.165, 1.54) is 0 Å². The van der Waals surface area contributed by atoms with Gasteiger partial charge in [0.25, 0.3) is 0 Å². The van der Waals surface area contributed by atoms with E-state index in [4.69, 9.17) is 5.11 Å². The topological polar surface area (TPSA) is 61.4 Å². The highest BCUT2D eigenvalue weighted by atomic mass is 16.4. The monoisotopic (exact) mass is 172 g/mol. The lowest BCUT2D eigenvalue weighted by molar-refractivity contribution is 0.192. The van der Waals surface area contributed by atoms with E-state index in [-0.39, 0.29) is 0 Å². The number of carboxylic acid groups (broad SMARTS) is 1. The van der Waals surface area contributed by atoms with Gasteiger partial charge in [0.15, 0.2) is 0 Å². The van der Waals surface area contributed by atoms with Crippen LogP contribution in [0, 0.1) is 5.92 Å². The lowest BCUT2D eigenvalue weighted by Crippen LogP contribution is -2.28. The van der Waals surface area contributed by atoms with Gasteiger partial charge in [-0.3, -0.25) is 0 Å². The number of hydrogen-bond donors (Lipinski definition) is 3. The summed E-state index contributed by atoms with van der Waals surface area (Å²) in [5.74, 6) is 0.524. The molecule has 4 heteroatoms. The number of hydrogen-bond acceptors (Lipinski definition) is 2. The highest BCUT2D eigenvalue weighted by Gasteiger charge is 2.11. The Bertz CT molecular complexity index is 142. The van der Waals surface area contributed by atoms with Crippen LogP contribution in [0.4, 0.5) is 4.79 Å². The van der Waals surface area contributed by atoms with Gasteiger partial charge >= 0.3 is 6.09 Å². The number of carbonyl (C=O) groups is 1.